The lowest BCUT2D eigenvalue weighted by Gasteiger charge is -2.17. The molecule has 0 fully saturated rings. The molecule has 2 aromatic carbocycles. The maximum absolute atomic E-state index is 12.7. The lowest BCUT2D eigenvalue weighted by atomic mass is 10.3. The summed E-state index contributed by atoms with van der Waals surface area (Å²) in [4.78, 5) is 0. The summed E-state index contributed by atoms with van der Waals surface area (Å²) in [6.07, 6.45) is 3.17. The second-order valence-corrected chi connectivity index (χ2v) is 8.78. The average molecular weight is 374 g/mol. The topological polar surface area (TPSA) is 60.2 Å². The van der Waals surface area contributed by atoms with Gasteiger partial charge in [0, 0.05) is 5.75 Å². The van der Waals surface area contributed by atoms with Crippen LogP contribution >= 0.6 is 18.2 Å². The monoisotopic (exact) mass is 374 g/mol. The van der Waals surface area contributed by atoms with Crippen LogP contribution in [0.4, 0.5) is 11.4 Å². The zero-order valence-corrected chi connectivity index (χ0v) is 15.4. The van der Waals surface area contributed by atoms with Gasteiger partial charge in [0.25, 0.3) is 0 Å². The van der Waals surface area contributed by atoms with Crippen molar-refractivity contribution in [3.8, 4) is 5.75 Å². The van der Waals surface area contributed by atoms with E-state index in [1.165, 1.54) is 6.08 Å². The summed E-state index contributed by atoms with van der Waals surface area (Å²) < 4.78 is 23.5. The first kappa shape index (κ1) is 19.2. The van der Waals surface area contributed by atoms with E-state index in [0.717, 1.165) is 17.1 Å². The van der Waals surface area contributed by atoms with Gasteiger partial charge in [-0.15, -0.1) is 13.2 Å². The van der Waals surface area contributed by atoms with E-state index >= 15 is 0 Å². The van der Waals surface area contributed by atoms with Crippen molar-refractivity contribution in [1.82, 2.24) is 0 Å². The molecule has 130 valence electrons. The third-order valence-electron chi connectivity index (χ3n) is 2.79. The summed E-state index contributed by atoms with van der Waals surface area (Å²) >= 11 is 1.07. The molecule has 0 saturated heterocycles. The van der Waals surface area contributed by atoms with Crippen LogP contribution in [-0.2, 0) is 9.09 Å². The van der Waals surface area contributed by atoms with Gasteiger partial charge in [0.2, 0.25) is 0 Å². The predicted molar refractivity (Wildman–Crippen MR) is 104 cm³/mol. The van der Waals surface area contributed by atoms with E-state index in [1.807, 2.05) is 30.3 Å². The molecular weight excluding hydrogens is 355 g/mol. The molecule has 0 aliphatic carbocycles. The smallest absolute Gasteiger partial charge is 0.417 e. The molecule has 1 unspecified atom stereocenters. The highest BCUT2D eigenvalue weighted by Gasteiger charge is 2.26. The van der Waals surface area contributed by atoms with Crippen LogP contribution in [0.1, 0.15) is 0 Å². The molecular formula is C18H19N2O3PS. The Hall–Kier alpha value is -2.14. The second kappa shape index (κ2) is 9.99. The minimum atomic E-state index is -3.33. The Morgan fingerprint density at radius 1 is 0.960 bits per heavy atom. The van der Waals surface area contributed by atoms with Gasteiger partial charge in [-0.2, -0.15) is 10.2 Å². The normalized spacial score (nSPS) is 13.3. The van der Waals surface area contributed by atoms with Crippen molar-refractivity contribution < 1.29 is 13.6 Å². The molecule has 1 atom stereocenters. The predicted octanol–water partition coefficient (Wildman–Crippen LogP) is 6.71. The highest BCUT2D eigenvalue weighted by atomic mass is 32.7. The van der Waals surface area contributed by atoms with Crippen molar-refractivity contribution in [1.29, 1.82) is 0 Å². The van der Waals surface area contributed by atoms with Gasteiger partial charge in [-0.1, -0.05) is 30.4 Å². The average Bonchev–Trinajstić information content (AvgIpc) is 2.65. The molecule has 0 bridgehead atoms. The SMILES string of the molecule is C=CCOP(=O)(Oc1ccc(N=Nc2ccccc2)cc1)SCC=C. The van der Waals surface area contributed by atoms with Gasteiger partial charge >= 0.3 is 6.80 Å². The summed E-state index contributed by atoms with van der Waals surface area (Å²) in [5, 5.41) is 8.29. The van der Waals surface area contributed by atoms with Crippen molar-refractivity contribution in [2.45, 2.75) is 0 Å². The van der Waals surface area contributed by atoms with E-state index < -0.39 is 6.80 Å². The summed E-state index contributed by atoms with van der Waals surface area (Å²) in [5.74, 6) is 0.889. The maximum atomic E-state index is 12.7. The fourth-order valence-corrected chi connectivity index (χ4v) is 4.51. The van der Waals surface area contributed by atoms with E-state index in [1.54, 1.807) is 30.3 Å². The Balaban J connectivity index is 2.04. The number of azo groups is 1. The molecule has 0 saturated carbocycles. The standard InChI is InChI=1S/C18H19N2O3PS/c1-3-14-22-24(21,25-15-4-2)23-18-12-10-17(11-13-18)20-19-16-8-6-5-7-9-16/h3-13H,1-2,14-15H2. The van der Waals surface area contributed by atoms with Gasteiger partial charge in [0.05, 0.1) is 18.0 Å². The van der Waals surface area contributed by atoms with Gasteiger partial charge in [-0.05, 0) is 47.8 Å². The second-order valence-electron chi connectivity index (χ2n) is 4.74. The van der Waals surface area contributed by atoms with Gasteiger partial charge in [0.15, 0.2) is 0 Å². The van der Waals surface area contributed by atoms with Crippen LogP contribution in [0.2, 0.25) is 0 Å². The molecule has 7 heteroatoms. The molecule has 0 aliphatic heterocycles. The molecule has 0 heterocycles. The van der Waals surface area contributed by atoms with Crippen LogP contribution in [0.15, 0.2) is 90.1 Å². The van der Waals surface area contributed by atoms with Gasteiger partial charge in [0.1, 0.15) is 5.75 Å². The van der Waals surface area contributed by atoms with E-state index in [9.17, 15) is 4.57 Å². The summed E-state index contributed by atoms with van der Waals surface area (Å²) in [6.45, 7) is 3.98. The molecule has 0 amide bonds. The maximum Gasteiger partial charge on any atom is 0.440 e. The Labute approximate surface area is 151 Å². The molecule has 2 aromatic rings. The number of hydrogen-bond acceptors (Lipinski definition) is 6. The zero-order valence-electron chi connectivity index (χ0n) is 13.7. The van der Waals surface area contributed by atoms with E-state index in [0.29, 0.717) is 17.2 Å². The molecule has 0 spiro atoms. The molecule has 5 nitrogen and oxygen atoms in total. The van der Waals surface area contributed by atoms with E-state index in [4.69, 9.17) is 9.05 Å². The Morgan fingerprint density at radius 2 is 1.60 bits per heavy atom. The van der Waals surface area contributed by atoms with Crippen molar-refractivity contribution in [2.75, 3.05) is 12.4 Å². The lowest BCUT2D eigenvalue weighted by molar-refractivity contribution is 0.311. The van der Waals surface area contributed by atoms with Crippen LogP contribution in [0.25, 0.3) is 0 Å². The summed E-state index contributed by atoms with van der Waals surface area (Å²) in [5.41, 5.74) is 1.43. The molecule has 0 aromatic heterocycles. The van der Waals surface area contributed by atoms with E-state index in [-0.39, 0.29) is 6.61 Å². The van der Waals surface area contributed by atoms with Crippen LogP contribution < -0.4 is 4.52 Å². The van der Waals surface area contributed by atoms with Gasteiger partial charge in [-0.3, -0.25) is 4.52 Å². The van der Waals surface area contributed by atoms with Crippen molar-refractivity contribution >= 4 is 29.6 Å². The third-order valence-corrected chi connectivity index (χ3v) is 6.33. The van der Waals surface area contributed by atoms with Crippen LogP contribution in [0.3, 0.4) is 0 Å². The van der Waals surface area contributed by atoms with Crippen LogP contribution in [0, 0.1) is 0 Å². The summed E-state index contributed by atoms with van der Waals surface area (Å²) in [6, 6.07) is 16.3. The van der Waals surface area contributed by atoms with Crippen molar-refractivity contribution in [3.05, 3.63) is 79.9 Å². The minimum absolute atomic E-state index is 0.144. The first-order chi connectivity index (χ1) is 12.1. The Morgan fingerprint density at radius 3 is 2.20 bits per heavy atom. The van der Waals surface area contributed by atoms with Gasteiger partial charge < -0.3 is 4.52 Å². The Kier molecular flexibility index (Phi) is 7.67. The zero-order chi connectivity index (χ0) is 18.0. The highest BCUT2D eigenvalue weighted by molar-refractivity contribution is 8.55. The van der Waals surface area contributed by atoms with Crippen LogP contribution in [0.5, 0.6) is 5.75 Å². The Bertz CT molecular complexity index is 748. The molecule has 2 rings (SSSR count). The largest absolute Gasteiger partial charge is 0.440 e. The molecule has 0 radical (unpaired) electrons. The van der Waals surface area contributed by atoms with E-state index in [2.05, 4.69) is 23.4 Å². The number of hydrogen-bond donors (Lipinski definition) is 0. The minimum Gasteiger partial charge on any atom is -0.417 e. The van der Waals surface area contributed by atoms with Crippen molar-refractivity contribution in [3.63, 3.8) is 0 Å². The quantitative estimate of drug-likeness (QED) is 0.263. The molecule has 25 heavy (non-hydrogen) atoms. The number of rotatable bonds is 10. The molecule has 0 aliphatic rings. The fraction of sp³-hybridized carbons (Fsp3) is 0.111. The third kappa shape index (κ3) is 6.70. The highest BCUT2D eigenvalue weighted by Crippen LogP contribution is 2.60. The number of benzene rings is 2. The first-order valence-corrected chi connectivity index (χ1v) is 10.7. The lowest BCUT2D eigenvalue weighted by Crippen LogP contribution is -1.96. The van der Waals surface area contributed by atoms with Gasteiger partial charge in [-0.25, -0.2) is 4.57 Å². The first-order valence-electron chi connectivity index (χ1n) is 7.52. The fourth-order valence-electron chi connectivity index (χ4n) is 1.69. The number of nitrogens with zero attached hydrogens (tertiary/aromatic N) is 2. The van der Waals surface area contributed by atoms with Crippen LogP contribution in [-0.4, -0.2) is 12.4 Å². The van der Waals surface area contributed by atoms with Crippen molar-refractivity contribution in [2.24, 2.45) is 10.2 Å². The summed E-state index contributed by atoms with van der Waals surface area (Å²) in [7, 11) is 0. The molecule has 0 N–H and O–H groups in total.